The zero-order valence-electron chi connectivity index (χ0n) is 13.2. The van der Waals surface area contributed by atoms with Gasteiger partial charge in [0.15, 0.2) is 0 Å². The Kier molecular flexibility index (Phi) is 5.30. The maximum absolute atomic E-state index is 11.7. The van der Waals surface area contributed by atoms with Gasteiger partial charge < -0.3 is 15.4 Å². The summed E-state index contributed by atoms with van der Waals surface area (Å²) in [7, 11) is 0. The second-order valence-corrected chi connectivity index (χ2v) is 7.36. The van der Waals surface area contributed by atoms with Crippen LogP contribution in [0.3, 0.4) is 0 Å². The molecule has 116 valence electrons. The molecule has 2 fully saturated rings. The molecule has 20 heavy (non-hydrogen) atoms. The van der Waals surface area contributed by atoms with Crippen LogP contribution in [0.1, 0.15) is 52.9 Å². The summed E-state index contributed by atoms with van der Waals surface area (Å²) in [5, 5.41) is 6.45. The highest BCUT2D eigenvalue weighted by molar-refractivity contribution is 5.67. The topological polar surface area (TPSA) is 50.4 Å². The van der Waals surface area contributed by atoms with Gasteiger partial charge in [-0.1, -0.05) is 32.1 Å². The van der Waals surface area contributed by atoms with Crippen LogP contribution < -0.4 is 10.6 Å². The fourth-order valence-electron chi connectivity index (χ4n) is 3.62. The maximum Gasteiger partial charge on any atom is 0.407 e. The Balaban J connectivity index is 1.77. The molecule has 0 bridgehead atoms. The van der Waals surface area contributed by atoms with E-state index < -0.39 is 5.60 Å². The van der Waals surface area contributed by atoms with E-state index in [1.165, 1.54) is 32.1 Å². The van der Waals surface area contributed by atoms with E-state index in [9.17, 15) is 4.79 Å². The minimum atomic E-state index is -0.416. The molecule has 1 amide bonds. The molecule has 4 heteroatoms. The summed E-state index contributed by atoms with van der Waals surface area (Å²) >= 11 is 0. The smallest absolute Gasteiger partial charge is 0.407 e. The Bertz CT molecular complexity index is 319. The summed E-state index contributed by atoms with van der Waals surface area (Å²) in [5.41, 5.74) is -0.416. The molecule has 1 aliphatic heterocycles. The lowest BCUT2D eigenvalue weighted by atomic mass is 9.75. The van der Waals surface area contributed by atoms with Crippen LogP contribution in [-0.4, -0.2) is 31.3 Å². The summed E-state index contributed by atoms with van der Waals surface area (Å²) in [4.78, 5) is 11.7. The third kappa shape index (κ3) is 4.65. The van der Waals surface area contributed by atoms with Gasteiger partial charge in [-0.25, -0.2) is 4.79 Å². The Labute approximate surface area is 123 Å². The van der Waals surface area contributed by atoms with Gasteiger partial charge in [-0.2, -0.15) is 0 Å². The molecule has 0 aromatic heterocycles. The highest BCUT2D eigenvalue weighted by Crippen LogP contribution is 2.35. The lowest BCUT2D eigenvalue weighted by Crippen LogP contribution is -2.38. The molecule has 4 nitrogen and oxygen atoms in total. The largest absolute Gasteiger partial charge is 0.444 e. The van der Waals surface area contributed by atoms with Crippen LogP contribution in [0.4, 0.5) is 4.79 Å². The Hall–Kier alpha value is -0.770. The molecule has 2 N–H and O–H groups in total. The number of alkyl carbamates (subject to hydrolysis) is 1. The maximum atomic E-state index is 11.7. The van der Waals surface area contributed by atoms with Crippen LogP contribution in [0.25, 0.3) is 0 Å². The number of hydrogen-bond acceptors (Lipinski definition) is 3. The van der Waals surface area contributed by atoms with Crippen LogP contribution >= 0.6 is 0 Å². The molecule has 0 radical (unpaired) electrons. The second-order valence-electron chi connectivity index (χ2n) is 7.36. The van der Waals surface area contributed by atoms with Gasteiger partial charge in [-0.15, -0.1) is 0 Å². The number of carbonyl (C=O) groups excluding carboxylic acids is 1. The lowest BCUT2D eigenvalue weighted by molar-refractivity contribution is 0.0512. The average Bonchev–Trinajstić information content (AvgIpc) is 2.83. The molecule has 2 atom stereocenters. The van der Waals surface area contributed by atoms with Crippen molar-refractivity contribution in [3.63, 3.8) is 0 Å². The minimum Gasteiger partial charge on any atom is -0.444 e. The zero-order valence-corrected chi connectivity index (χ0v) is 13.2. The van der Waals surface area contributed by atoms with Crippen molar-refractivity contribution < 1.29 is 9.53 Å². The summed E-state index contributed by atoms with van der Waals surface area (Å²) < 4.78 is 5.31. The number of rotatable bonds is 3. The molecule has 0 aromatic carbocycles. The molecular formula is C16H30N2O2. The van der Waals surface area contributed by atoms with Gasteiger partial charge in [-0.05, 0) is 51.6 Å². The molecule has 1 heterocycles. The van der Waals surface area contributed by atoms with Crippen molar-refractivity contribution in [1.82, 2.24) is 10.6 Å². The standard InChI is InChI=1S/C16H30N2O2/c1-16(2,3)20-15(19)18-10-13-9-17-11-14(13)12-7-5-4-6-8-12/h12-14,17H,4-11H2,1-3H3,(H,18,19). The molecular weight excluding hydrogens is 252 g/mol. The van der Waals surface area contributed by atoms with E-state index in [2.05, 4.69) is 10.6 Å². The molecule has 2 aliphatic rings. The second kappa shape index (κ2) is 6.79. The van der Waals surface area contributed by atoms with Crippen LogP contribution in [0.2, 0.25) is 0 Å². The normalized spacial score (nSPS) is 28.4. The fourth-order valence-corrected chi connectivity index (χ4v) is 3.62. The minimum absolute atomic E-state index is 0.285. The first-order chi connectivity index (χ1) is 9.46. The fraction of sp³-hybridized carbons (Fsp3) is 0.938. The molecule has 1 saturated carbocycles. The lowest BCUT2D eigenvalue weighted by Gasteiger charge is -2.31. The van der Waals surface area contributed by atoms with Gasteiger partial charge >= 0.3 is 6.09 Å². The molecule has 0 aromatic rings. The Morgan fingerprint density at radius 2 is 1.90 bits per heavy atom. The molecule has 1 aliphatic carbocycles. The third-order valence-electron chi connectivity index (χ3n) is 4.55. The van der Waals surface area contributed by atoms with Crippen LogP contribution in [0.5, 0.6) is 0 Å². The number of ether oxygens (including phenoxy) is 1. The van der Waals surface area contributed by atoms with E-state index in [1.807, 2.05) is 20.8 Å². The van der Waals surface area contributed by atoms with Crippen molar-refractivity contribution in [2.45, 2.75) is 58.5 Å². The number of hydrogen-bond donors (Lipinski definition) is 2. The Morgan fingerprint density at radius 3 is 2.55 bits per heavy atom. The van der Waals surface area contributed by atoms with Crippen molar-refractivity contribution in [2.75, 3.05) is 19.6 Å². The van der Waals surface area contributed by atoms with Crippen molar-refractivity contribution in [3.05, 3.63) is 0 Å². The van der Waals surface area contributed by atoms with Crippen molar-refractivity contribution in [3.8, 4) is 0 Å². The summed E-state index contributed by atoms with van der Waals surface area (Å²) in [6.45, 7) is 8.57. The third-order valence-corrected chi connectivity index (χ3v) is 4.55. The van der Waals surface area contributed by atoms with Crippen LogP contribution in [0.15, 0.2) is 0 Å². The first-order valence-corrected chi connectivity index (χ1v) is 8.13. The summed E-state index contributed by atoms with van der Waals surface area (Å²) in [6.07, 6.45) is 6.62. The van der Waals surface area contributed by atoms with Gasteiger partial charge in [0.2, 0.25) is 0 Å². The summed E-state index contributed by atoms with van der Waals surface area (Å²) in [6, 6.07) is 0. The molecule has 2 unspecified atom stereocenters. The molecule has 1 saturated heterocycles. The number of amides is 1. The predicted molar refractivity (Wildman–Crippen MR) is 80.7 cm³/mol. The van der Waals surface area contributed by atoms with Crippen molar-refractivity contribution >= 4 is 6.09 Å². The first kappa shape index (κ1) is 15.6. The quantitative estimate of drug-likeness (QED) is 0.837. The summed E-state index contributed by atoms with van der Waals surface area (Å²) in [5.74, 6) is 2.14. The van der Waals surface area contributed by atoms with E-state index >= 15 is 0 Å². The van der Waals surface area contributed by atoms with Gasteiger partial charge in [0.1, 0.15) is 5.60 Å². The zero-order chi connectivity index (χ0) is 14.6. The van der Waals surface area contributed by atoms with Gasteiger partial charge in [0.25, 0.3) is 0 Å². The van der Waals surface area contributed by atoms with E-state index in [-0.39, 0.29) is 6.09 Å². The number of nitrogens with one attached hydrogen (secondary N) is 2. The predicted octanol–water partition coefficient (Wildman–Crippen LogP) is 2.93. The van der Waals surface area contributed by atoms with Crippen molar-refractivity contribution in [2.24, 2.45) is 17.8 Å². The van der Waals surface area contributed by atoms with E-state index in [4.69, 9.17) is 4.74 Å². The van der Waals surface area contributed by atoms with Crippen LogP contribution in [0, 0.1) is 17.8 Å². The van der Waals surface area contributed by atoms with Crippen molar-refractivity contribution in [1.29, 1.82) is 0 Å². The van der Waals surface area contributed by atoms with Gasteiger partial charge in [0.05, 0.1) is 0 Å². The van der Waals surface area contributed by atoms with E-state index in [0.717, 1.165) is 31.5 Å². The van der Waals surface area contributed by atoms with Gasteiger partial charge in [0, 0.05) is 6.54 Å². The van der Waals surface area contributed by atoms with E-state index in [0.29, 0.717) is 5.92 Å². The Morgan fingerprint density at radius 1 is 1.20 bits per heavy atom. The monoisotopic (exact) mass is 282 g/mol. The first-order valence-electron chi connectivity index (χ1n) is 8.13. The van der Waals surface area contributed by atoms with Gasteiger partial charge in [-0.3, -0.25) is 0 Å². The average molecular weight is 282 g/mol. The number of carbonyl (C=O) groups is 1. The SMILES string of the molecule is CC(C)(C)OC(=O)NCC1CNCC1C1CCCCC1. The highest BCUT2D eigenvalue weighted by Gasteiger charge is 2.34. The van der Waals surface area contributed by atoms with Crippen LogP contribution in [-0.2, 0) is 4.74 Å². The molecule has 2 rings (SSSR count). The highest BCUT2D eigenvalue weighted by atomic mass is 16.6. The van der Waals surface area contributed by atoms with E-state index in [1.54, 1.807) is 0 Å². The molecule has 0 spiro atoms.